The summed E-state index contributed by atoms with van der Waals surface area (Å²) in [7, 11) is -1.41. The van der Waals surface area contributed by atoms with Crippen molar-refractivity contribution in [2.45, 2.75) is 0 Å². The van der Waals surface area contributed by atoms with Crippen molar-refractivity contribution in [3.63, 3.8) is 0 Å². The van der Waals surface area contributed by atoms with E-state index in [1.807, 2.05) is 0 Å². The van der Waals surface area contributed by atoms with Crippen LogP contribution >= 0.6 is 0 Å². The third kappa shape index (κ3) is 3.85. The standard InChI is InChI=1S/B2H2O3/c3-1-2(4)5/h4-5H/p+1. The van der Waals surface area contributed by atoms with Gasteiger partial charge in [0.05, 0.1) is 0 Å². The van der Waals surface area contributed by atoms with Gasteiger partial charge in [-0.1, -0.05) is 0 Å². The summed E-state index contributed by atoms with van der Waals surface area (Å²) in [5, 5.41) is 13.7. The fourth-order valence-corrected chi connectivity index (χ4v) is 0. The first-order valence-electron chi connectivity index (χ1n) is 1.12. The van der Waals surface area contributed by atoms with Crippen LogP contribution in [0.2, 0.25) is 0 Å². The van der Waals surface area contributed by atoms with Crippen LogP contribution in [0.1, 0.15) is 0 Å². The predicted octanol–water partition coefficient (Wildman–Crippen LogP) is -2.26. The molecular formula is H3B2O3+. The second-order valence-corrected chi connectivity index (χ2v) is 0.581. The Bertz CT molecular complexity index is 31.9. The van der Waals surface area contributed by atoms with Crippen LogP contribution in [-0.4, -0.2) is 24.1 Å². The molecule has 0 radical (unpaired) electrons. The number of hydrogen-bond acceptors (Lipinski definition) is 2. The third-order valence-corrected chi connectivity index (χ3v) is 0.129. The van der Waals surface area contributed by atoms with Gasteiger partial charge in [0.25, 0.3) is 0 Å². The summed E-state index contributed by atoms with van der Waals surface area (Å²) in [5.74, 6) is 0. The van der Waals surface area contributed by atoms with Crippen molar-refractivity contribution in [1.29, 1.82) is 0 Å². The molecule has 0 fully saturated rings. The molecular weight excluding hydrogens is 69.6 g/mol. The van der Waals surface area contributed by atoms with Crippen molar-refractivity contribution in [3.05, 3.63) is 0 Å². The van der Waals surface area contributed by atoms with Crippen LogP contribution in [0.15, 0.2) is 0 Å². The molecule has 0 aliphatic rings. The second-order valence-electron chi connectivity index (χ2n) is 0.581. The van der Waals surface area contributed by atoms with Gasteiger partial charge in [-0.25, -0.2) is 0 Å². The Morgan fingerprint density at radius 1 is 2.00 bits per heavy atom. The van der Waals surface area contributed by atoms with E-state index in [0.717, 1.165) is 0 Å². The summed E-state index contributed by atoms with van der Waals surface area (Å²) in [5.41, 5.74) is 0. The fraction of sp³-hybridized carbons (Fsp3) is 0. The Balaban J connectivity index is 2.83. The maximum atomic E-state index is 9.07. The van der Waals surface area contributed by atoms with E-state index in [4.69, 9.17) is 14.8 Å². The molecule has 0 aromatic carbocycles. The van der Waals surface area contributed by atoms with Gasteiger partial charge in [0.1, 0.15) is 0 Å². The first kappa shape index (κ1) is 4.85. The maximum absolute atomic E-state index is 9.07. The molecule has 0 atom stereocenters. The van der Waals surface area contributed by atoms with Crippen molar-refractivity contribution in [2.24, 2.45) is 0 Å². The molecule has 0 heterocycles. The Hall–Kier alpha value is -0.150. The zero-order chi connectivity index (χ0) is 4.28. The summed E-state index contributed by atoms with van der Waals surface area (Å²) in [6.45, 7) is 0. The van der Waals surface area contributed by atoms with E-state index in [1.165, 1.54) is 0 Å². The minimum absolute atomic E-state index is 0.139. The van der Waals surface area contributed by atoms with Gasteiger partial charge in [-0.3, -0.25) is 0 Å². The molecule has 0 bridgehead atoms. The van der Waals surface area contributed by atoms with Crippen LogP contribution in [0.3, 0.4) is 0 Å². The molecule has 26 valence electrons. The van der Waals surface area contributed by atoms with Gasteiger partial charge in [-0.15, -0.1) is 0 Å². The van der Waals surface area contributed by atoms with Crippen molar-refractivity contribution in [1.82, 2.24) is 0 Å². The summed E-state index contributed by atoms with van der Waals surface area (Å²) in [4.78, 5) is 0. The van der Waals surface area contributed by atoms with Crippen LogP contribution in [0, 0.1) is 0 Å². The number of hydrogen-bond donors (Lipinski definition) is 1. The van der Waals surface area contributed by atoms with Crippen LogP contribution in [-0.2, 0) is 4.70 Å². The van der Waals surface area contributed by atoms with Crippen molar-refractivity contribution >= 4 is 14.0 Å². The molecule has 0 spiro atoms. The zero-order valence-corrected chi connectivity index (χ0v) is 2.51. The van der Waals surface area contributed by atoms with Gasteiger partial charge >= 0.3 is 28.8 Å². The summed E-state index contributed by atoms with van der Waals surface area (Å²) in [6, 6.07) is 0. The normalized spacial score (nSPS) is 6.00. The topological polar surface area (TPSA) is 60.2 Å². The molecule has 0 rings (SSSR count). The summed E-state index contributed by atoms with van der Waals surface area (Å²) < 4.78 is 9.07. The van der Waals surface area contributed by atoms with E-state index in [9.17, 15) is 0 Å². The van der Waals surface area contributed by atoms with E-state index >= 15 is 0 Å². The first-order valence-corrected chi connectivity index (χ1v) is 1.12. The molecule has 5 heteroatoms. The molecule has 0 aliphatic carbocycles. The Morgan fingerprint density at radius 3 is 2.20 bits per heavy atom. The molecule has 0 aromatic rings. The molecule has 0 aliphatic heterocycles. The second kappa shape index (κ2) is 2.11. The van der Waals surface area contributed by atoms with Crippen LogP contribution < -0.4 is 0 Å². The van der Waals surface area contributed by atoms with Crippen molar-refractivity contribution in [3.8, 4) is 0 Å². The van der Waals surface area contributed by atoms with Crippen LogP contribution in [0.4, 0.5) is 0 Å². The van der Waals surface area contributed by atoms with E-state index < -0.39 is 7.01 Å². The molecule has 0 saturated heterocycles. The molecule has 3 N–H and O–H groups in total. The average molecular weight is 72.6 g/mol. The van der Waals surface area contributed by atoms with Gasteiger partial charge < -0.3 is 0 Å². The van der Waals surface area contributed by atoms with E-state index in [0.29, 0.717) is 0 Å². The van der Waals surface area contributed by atoms with Crippen LogP contribution in [0.25, 0.3) is 0 Å². The molecule has 5 heavy (non-hydrogen) atoms. The first-order chi connectivity index (χ1) is 2.27. The summed E-state index contributed by atoms with van der Waals surface area (Å²) >= 11 is 0. The molecule has 0 unspecified atom stereocenters. The zero-order valence-electron chi connectivity index (χ0n) is 2.51. The Morgan fingerprint density at radius 2 is 2.20 bits per heavy atom. The van der Waals surface area contributed by atoms with Gasteiger partial charge in [0.15, 0.2) is 0 Å². The van der Waals surface area contributed by atoms with Gasteiger partial charge in [-0.2, -0.15) is 0 Å². The quantitative estimate of drug-likeness (QED) is 0.281. The van der Waals surface area contributed by atoms with Crippen molar-refractivity contribution in [2.75, 3.05) is 0 Å². The monoisotopic (exact) mass is 73.0 g/mol. The van der Waals surface area contributed by atoms with E-state index in [1.54, 1.807) is 0 Å². The molecule has 0 amide bonds. The van der Waals surface area contributed by atoms with E-state index in [2.05, 4.69) is 0 Å². The van der Waals surface area contributed by atoms with E-state index in [-0.39, 0.29) is 7.04 Å². The predicted molar refractivity (Wildman–Crippen MR) is 18.0 cm³/mol. The summed E-state index contributed by atoms with van der Waals surface area (Å²) in [6.07, 6.45) is 0. The Kier molecular flexibility index (Phi) is 2.05. The molecule has 0 aromatic heterocycles. The Labute approximate surface area is 30.0 Å². The third-order valence-electron chi connectivity index (χ3n) is 0.129. The number of rotatable bonds is 1. The van der Waals surface area contributed by atoms with Gasteiger partial charge in [-0.05, 0) is 0 Å². The fourth-order valence-electron chi connectivity index (χ4n) is 0. The average Bonchev–Trinajstić information content (AvgIpc) is 1.38. The van der Waals surface area contributed by atoms with Crippen molar-refractivity contribution < 1.29 is 14.8 Å². The van der Waals surface area contributed by atoms with Gasteiger partial charge in [0.2, 0.25) is 0 Å². The SMILES string of the molecule is O=BB(O)[OH2+]. The molecule has 3 nitrogen and oxygen atoms in total. The van der Waals surface area contributed by atoms with Gasteiger partial charge in [0, 0.05) is 0 Å². The molecule has 0 saturated carbocycles. The minimum atomic E-state index is -1.55. The van der Waals surface area contributed by atoms with Crippen LogP contribution in [0.5, 0.6) is 0 Å².